The number of aromatic nitrogens is 1. The Kier molecular flexibility index (Phi) is 4.50. The van der Waals surface area contributed by atoms with Gasteiger partial charge < -0.3 is 9.84 Å². The zero-order chi connectivity index (χ0) is 16.2. The Balaban J connectivity index is 2.06. The van der Waals surface area contributed by atoms with E-state index >= 15 is 0 Å². The maximum atomic E-state index is 12.4. The molecule has 2 N–H and O–H groups in total. The molecule has 1 aromatic carbocycles. The molecule has 0 fully saturated rings. The Morgan fingerprint density at radius 1 is 1.27 bits per heavy atom. The van der Waals surface area contributed by atoms with Gasteiger partial charge in [-0.1, -0.05) is 0 Å². The predicted molar refractivity (Wildman–Crippen MR) is 75.1 cm³/mol. The SMILES string of the molecule is COc1ccc(O)c(C=NNc2ccc(C(F)(F)F)cn2)c1. The molecule has 1 heterocycles. The van der Waals surface area contributed by atoms with Crippen molar-refractivity contribution in [2.45, 2.75) is 6.18 Å². The number of hydrogen-bond acceptors (Lipinski definition) is 5. The summed E-state index contributed by atoms with van der Waals surface area (Å²) in [6.45, 7) is 0. The maximum absolute atomic E-state index is 12.4. The van der Waals surface area contributed by atoms with Gasteiger partial charge in [-0.15, -0.1) is 0 Å². The van der Waals surface area contributed by atoms with Crippen LogP contribution in [0.2, 0.25) is 0 Å². The number of phenols is 1. The molecule has 0 aliphatic rings. The monoisotopic (exact) mass is 311 g/mol. The number of aromatic hydroxyl groups is 1. The van der Waals surface area contributed by atoms with E-state index < -0.39 is 11.7 Å². The number of ether oxygens (including phenoxy) is 1. The fraction of sp³-hybridized carbons (Fsp3) is 0.143. The van der Waals surface area contributed by atoms with Crippen LogP contribution in [0.1, 0.15) is 11.1 Å². The van der Waals surface area contributed by atoms with E-state index in [1.54, 1.807) is 12.1 Å². The molecule has 8 heteroatoms. The average molecular weight is 311 g/mol. The molecule has 5 nitrogen and oxygen atoms in total. The minimum absolute atomic E-state index is 0.00766. The molecule has 0 unspecified atom stereocenters. The summed E-state index contributed by atoms with van der Waals surface area (Å²) < 4.78 is 42.1. The van der Waals surface area contributed by atoms with Crippen LogP contribution in [0.3, 0.4) is 0 Å². The molecule has 0 saturated heterocycles. The molecule has 0 radical (unpaired) electrons. The molecular formula is C14H12F3N3O2. The van der Waals surface area contributed by atoms with Gasteiger partial charge in [0.25, 0.3) is 0 Å². The van der Waals surface area contributed by atoms with Crippen molar-refractivity contribution >= 4 is 12.0 Å². The van der Waals surface area contributed by atoms with Crippen molar-refractivity contribution in [1.82, 2.24) is 4.98 Å². The van der Waals surface area contributed by atoms with Gasteiger partial charge >= 0.3 is 6.18 Å². The lowest BCUT2D eigenvalue weighted by molar-refractivity contribution is -0.137. The maximum Gasteiger partial charge on any atom is 0.417 e. The fourth-order valence-corrected chi connectivity index (χ4v) is 1.56. The zero-order valence-electron chi connectivity index (χ0n) is 11.4. The highest BCUT2D eigenvalue weighted by Gasteiger charge is 2.30. The van der Waals surface area contributed by atoms with Gasteiger partial charge in [-0.25, -0.2) is 4.98 Å². The second-order valence-electron chi connectivity index (χ2n) is 4.22. The number of anilines is 1. The quantitative estimate of drug-likeness (QED) is 0.672. The van der Waals surface area contributed by atoms with Crippen molar-refractivity contribution in [2.75, 3.05) is 12.5 Å². The van der Waals surface area contributed by atoms with Crippen LogP contribution in [0, 0.1) is 0 Å². The van der Waals surface area contributed by atoms with Gasteiger partial charge in [0.1, 0.15) is 17.3 Å². The normalized spacial score (nSPS) is 11.6. The van der Waals surface area contributed by atoms with Crippen LogP contribution in [0.4, 0.5) is 19.0 Å². The van der Waals surface area contributed by atoms with Crippen LogP contribution >= 0.6 is 0 Å². The van der Waals surface area contributed by atoms with E-state index in [1.165, 1.54) is 19.4 Å². The van der Waals surface area contributed by atoms with E-state index in [0.717, 1.165) is 12.1 Å². The van der Waals surface area contributed by atoms with Gasteiger partial charge in [0.05, 0.1) is 18.9 Å². The van der Waals surface area contributed by atoms with Crippen LogP contribution in [0.5, 0.6) is 11.5 Å². The van der Waals surface area contributed by atoms with E-state index in [1.807, 2.05) is 0 Å². The molecule has 1 aromatic heterocycles. The van der Waals surface area contributed by atoms with E-state index in [-0.39, 0.29) is 11.6 Å². The van der Waals surface area contributed by atoms with Gasteiger partial charge in [0, 0.05) is 11.8 Å². The molecule has 0 atom stereocenters. The molecule has 0 spiro atoms. The second-order valence-corrected chi connectivity index (χ2v) is 4.22. The molecule has 0 bridgehead atoms. The Bertz CT molecular complexity index is 670. The van der Waals surface area contributed by atoms with Crippen molar-refractivity contribution in [2.24, 2.45) is 5.10 Å². The van der Waals surface area contributed by atoms with Crippen LogP contribution in [0.25, 0.3) is 0 Å². The Hall–Kier alpha value is -2.77. The highest BCUT2D eigenvalue weighted by Crippen LogP contribution is 2.28. The first kappa shape index (κ1) is 15.6. The average Bonchev–Trinajstić information content (AvgIpc) is 2.49. The Morgan fingerprint density at radius 2 is 2.05 bits per heavy atom. The first-order chi connectivity index (χ1) is 10.4. The largest absolute Gasteiger partial charge is 0.507 e. The van der Waals surface area contributed by atoms with Gasteiger partial charge in [-0.05, 0) is 30.3 Å². The number of rotatable bonds is 4. The number of alkyl halides is 3. The van der Waals surface area contributed by atoms with Gasteiger partial charge in [-0.2, -0.15) is 18.3 Å². The molecule has 116 valence electrons. The molecular weight excluding hydrogens is 299 g/mol. The van der Waals surface area contributed by atoms with E-state index in [9.17, 15) is 18.3 Å². The van der Waals surface area contributed by atoms with Gasteiger partial charge in [0.2, 0.25) is 0 Å². The number of hydrogen-bond donors (Lipinski definition) is 2. The smallest absolute Gasteiger partial charge is 0.417 e. The van der Waals surface area contributed by atoms with E-state index in [2.05, 4.69) is 15.5 Å². The molecule has 2 aromatic rings. The van der Waals surface area contributed by atoms with E-state index in [0.29, 0.717) is 17.5 Å². The summed E-state index contributed by atoms with van der Waals surface area (Å²) >= 11 is 0. The van der Waals surface area contributed by atoms with Crippen LogP contribution in [-0.2, 0) is 6.18 Å². The van der Waals surface area contributed by atoms with Gasteiger partial charge in [0.15, 0.2) is 0 Å². The standard InChI is InChI=1S/C14H12F3N3O2/c1-22-11-3-4-12(21)9(6-11)7-19-20-13-5-2-10(8-18-13)14(15,16)17/h2-8,21H,1H3,(H,18,20). The fourth-order valence-electron chi connectivity index (χ4n) is 1.56. The molecule has 22 heavy (non-hydrogen) atoms. The lowest BCUT2D eigenvalue weighted by Crippen LogP contribution is -2.05. The minimum atomic E-state index is -4.43. The summed E-state index contributed by atoms with van der Waals surface area (Å²) in [5.74, 6) is 0.672. The minimum Gasteiger partial charge on any atom is -0.507 e. The second kappa shape index (κ2) is 6.33. The first-order valence-electron chi connectivity index (χ1n) is 6.09. The van der Waals surface area contributed by atoms with Crippen molar-refractivity contribution in [1.29, 1.82) is 0 Å². The number of pyridine rings is 1. The summed E-state index contributed by atoms with van der Waals surface area (Å²) in [4.78, 5) is 3.60. The van der Waals surface area contributed by atoms with Crippen molar-refractivity contribution < 1.29 is 23.0 Å². The highest BCUT2D eigenvalue weighted by atomic mass is 19.4. The zero-order valence-corrected chi connectivity index (χ0v) is 11.4. The molecule has 2 rings (SSSR count). The lowest BCUT2D eigenvalue weighted by atomic mass is 10.2. The van der Waals surface area contributed by atoms with E-state index in [4.69, 9.17) is 4.74 Å². The topological polar surface area (TPSA) is 66.7 Å². The number of phenolic OH excluding ortho intramolecular Hbond substituents is 1. The molecule has 0 aliphatic heterocycles. The molecule has 0 aliphatic carbocycles. The Labute approximate surface area is 124 Å². The third-order valence-corrected chi connectivity index (χ3v) is 2.71. The molecule has 0 saturated carbocycles. The van der Waals surface area contributed by atoms with Crippen LogP contribution in [-0.4, -0.2) is 23.4 Å². The lowest BCUT2D eigenvalue weighted by Gasteiger charge is -2.06. The predicted octanol–water partition coefficient (Wildman–Crippen LogP) is 3.26. The first-order valence-corrected chi connectivity index (χ1v) is 6.09. The summed E-state index contributed by atoms with van der Waals surface area (Å²) in [5, 5.41) is 13.4. The summed E-state index contributed by atoms with van der Waals surface area (Å²) in [6, 6.07) is 6.63. The summed E-state index contributed by atoms with van der Waals surface area (Å²) in [6.07, 6.45) is -2.42. The third-order valence-electron chi connectivity index (χ3n) is 2.71. The Morgan fingerprint density at radius 3 is 2.64 bits per heavy atom. The number of nitrogens with zero attached hydrogens (tertiary/aromatic N) is 2. The van der Waals surface area contributed by atoms with Gasteiger partial charge in [-0.3, -0.25) is 5.43 Å². The number of hydrazone groups is 1. The number of methoxy groups -OCH3 is 1. The molecule has 0 amide bonds. The van der Waals surface area contributed by atoms with Crippen molar-refractivity contribution in [3.63, 3.8) is 0 Å². The highest BCUT2D eigenvalue weighted by molar-refractivity contribution is 5.84. The van der Waals surface area contributed by atoms with Crippen molar-refractivity contribution in [3.8, 4) is 11.5 Å². The summed E-state index contributed by atoms with van der Waals surface area (Å²) in [7, 11) is 1.48. The third kappa shape index (κ3) is 3.87. The summed E-state index contributed by atoms with van der Waals surface area (Å²) in [5.41, 5.74) is 2.02. The number of halogens is 3. The van der Waals surface area contributed by atoms with Crippen LogP contribution in [0.15, 0.2) is 41.6 Å². The number of nitrogens with one attached hydrogen (secondary N) is 1. The number of benzene rings is 1. The van der Waals surface area contributed by atoms with Crippen LogP contribution < -0.4 is 10.2 Å². The van der Waals surface area contributed by atoms with Crippen molar-refractivity contribution in [3.05, 3.63) is 47.7 Å².